The fourth-order valence-corrected chi connectivity index (χ4v) is 8.82. The van der Waals surface area contributed by atoms with E-state index in [0.717, 1.165) is 50.7 Å². The van der Waals surface area contributed by atoms with Crippen LogP contribution in [-0.2, 0) is 0 Å². The summed E-state index contributed by atoms with van der Waals surface area (Å²) in [5.74, 6) is 0.842. The average molecular weight is 695 g/mol. The number of hydrogen-bond acceptors (Lipinski definition) is 2. The first-order valence-corrected chi connectivity index (χ1v) is 19.0. The number of aromatic nitrogens is 2. The van der Waals surface area contributed by atoms with Crippen LogP contribution in [0.25, 0.3) is 82.6 Å². The SMILES string of the molecule is C=C1/C=C\C(c2cc(-c3ccccc3)cc(-c3ccc(-n4c5ccc6ccccc6c5c5c6ccccc6ccc54)cc3)n2)=C/CSc2ccccc21. The Kier molecular flexibility index (Phi) is 7.66. The van der Waals surface area contributed by atoms with Crippen molar-refractivity contribution < 1.29 is 0 Å². The van der Waals surface area contributed by atoms with E-state index in [-0.39, 0.29) is 0 Å². The minimum atomic E-state index is 0.842. The maximum atomic E-state index is 5.33. The van der Waals surface area contributed by atoms with Gasteiger partial charge in [0.15, 0.2) is 0 Å². The summed E-state index contributed by atoms with van der Waals surface area (Å²) >= 11 is 1.83. The Morgan fingerprint density at radius 2 is 1.15 bits per heavy atom. The van der Waals surface area contributed by atoms with Crippen molar-refractivity contribution in [2.45, 2.75) is 4.90 Å². The van der Waals surface area contributed by atoms with Crippen LogP contribution >= 0.6 is 11.8 Å². The van der Waals surface area contributed by atoms with Gasteiger partial charge in [0.05, 0.1) is 22.4 Å². The molecule has 3 heteroatoms. The van der Waals surface area contributed by atoms with Gasteiger partial charge in [-0.05, 0) is 91.8 Å². The van der Waals surface area contributed by atoms with E-state index in [1.54, 1.807) is 0 Å². The van der Waals surface area contributed by atoms with E-state index in [2.05, 4.69) is 193 Å². The van der Waals surface area contributed by atoms with Gasteiger partial charge in [0.2, 0.25) is 0 Å². The molecule has 0 atom stereocenters. The first-order valence-electron chi connectivity index (χ1n) is 18.0. The van der Waals surface area contributed by atoms with Crippen molar-refractivity contribution in [3.05, 3.63) is 200 Å². The zero-order valence-electron chi connectivity index (χ0n) is 29.0. The largest absolute Gasteiger partial charge is 0.309 e. The highest BCUT2D eigenvalue weighted by Gasteiger charge is 2.18. The van der Waals surface area contributed by atoms with Crippen molar-refractivity contribution in [2.24, 2.45) is 0 Å². The monoisotopic (exact) mass is 694 g/mol. The van der Waals surface area contributed by atoms with Gasteiger partial charge in [-0.3, -0.25) is 0 Å². The number of hydrogen-bond donors (Lipinski definition) is 0. The van der Waals surface area contributed by atoms with Crippen LogP contribution in [0.5, 0.6) is 0 Å². The van der Waals surface area contributed by atoms with Gasteiger partial charge in [-0.2, -0.15) is 0 Å². The first kappa shape index (κ1) is 31.3. The molecule has 0 fully saturated rings. The van der Waals surface area contributed by atoms with Crippen molar-refractivity contribution >= 4 is 66.3 Å². The van der Waals surface area contributed by atoms with Crippen molar-refractivity contribution in [3.63, 3.8) is 0 Å². The van der Waals surface area contributed by atoms with Gasteiger partial charge in [0, 0.05) is 32.7 Å². The molecule has 0 unspecified atom stereocenters. The van der Waals surface area contributed by atoms with E-state index < -0.39 is 0 Å². The maximum absolute atomic E-state index is 5.33. The first-order chi connectivity index (χ1) is 26.2. The summed E-state index contributed by atoms with van der Waals surface area (Å²) in [6, 6.07) is 59.0. The molecule has 3 heterocycles. The molecule has 0 N–H and O–H groups in total. The number of benzene rings is 7. The lowest BCUT2D eigenvalue weighted by atomic mass is 9.99. The third-order valence-corrected chi connectivity index (χ3v) is 11.4. The lowest BCUT2D eigenvalue weighted by Crippen LogP contribution is -1.96. The standard InChI is InChI=1S/C50H34N2S/c1-33-19-20-38(29-30-53-48-18-10-9-15-41(33)48)45-32-39(34-11-3-2-4-12-34)31-44(51-45)37-21-25-40(26-22-37)52-46-27-23-35-13-5-7-16-42(35)49(46)50-43-17-8-6-14-36(43)24-28-47(50)52/h2-29,31-32H,1,30H2/b20-19-,38-29+. The van der Waals surface area contributed by atoms with Gasteiger partial charge in [-0.1, -0.05) is 146 Å². The summed E-state index contributed by atoms with van der Waals surface area (Å²) in [6.07, 6.45) is 6.58. The smallest absolute Gasteiger partial charge is 0.0715 e. The molecule has 0 spiro atoms. The Hall–Kier alpha value is -6.42. The van der Waals surface area contributed by atoms with E-state index in [4.69, 9.17) is 4.98 Å². The number of fused-ring (bicyclic) bond motifs is 8. The molecular weight excluding hydrogens is 661 g/mol. The van der Waals surface area contributed by atoms with Gasteiger partial charge in [0.25, 0.3) is 0 Å². The summed E-state index contributed by atoms with van der Waals surface area (Å²) in [6.45, 7) is 4.40. The van der Waals surface area contributed by atoms with Gasteiger partial charge in [0.1, 0.15) is 0 Å². The number of pyridine rings is 1. The second kappa shape index (κ2) is 13.0. The highest BCUT2D eigenvalue weighted by molar-refractivity contribution is 7.99. The van der Waals surface area contributed by atoms with E-state index in [0.29, 0.717) is 0 Å². The molecule has 53 heavy (non-hydrogen) atoms. The highest BCUT2D eigenvalue weighted by atomic mass is 32.2. The summed E-state index contributed by atoms with van der Waals surface area (Å²) < 4.78 is 2.42. The highest BCUT2D eigenvalue weighted by Crippen LogP contribution is 2.41. The molecule has 1 aliphatic heterocycles. The summed E-state index contributed by atoms with van der Waals surface area (Å²) in [4.78, 5) is 6.57. The third kappa shape index (κ3) is 5.49. The van der Waals surface area contributed by atoms with Crippen LogP contribution < -0.4 is 0 Å². The zero-order chi connectivity index (χ0) is 35.3. The molecule has 0 bridgehead atoms. The van der Waals surface area contributed by atoms with Crippen LogP contribution in [0.2, 0.25) is 0 Å². The molecule has 1 aliphatic rings. The van der Waals surface area contributed by atoms with Crippen LogP contribution in [-0.4, -0.2) is 15.3 Å². The topological polar surface area (TPSA) is 17.8 Å². The van der Waals surface area contributed by atoms with Gasteiger partial charge in [-0.15, -0.1) is 11.8 Å². The maximum Gasteiger partial charge on any atom is 0.0715 e. The molecule has 0 saturated heterocycles. The second-order valence-electron chi connectivity index (χ2n) is 13.6. The molecule has 0 aliphatic carbocycles. The summed E-state index contributed by atoms with van der Waals surface area (Å²) in [5.41, 5.74) is 12.1. The van der Waals surface area contributed by atoms with Crippen molar-refractivity contribution in [1.29, 1.82) is 0 Å². The number of allylic oxidation sites excluding steroid dienone is 4. The minimum Gasteiger partial charge on any atom is -0.309 e. The molecular formula is C50H34N2S. The van der Waals surface area contributed by atoms with Crippen molar-refractivity contribution in [3.8, 4) is 28.1 Å². The molecule has 0 radical (unpaired) electrons. The quantitative estimate of drug-likeness (QED) is 0.182. The molecule has 2 nitrogen and oxygen atoms in total. The Bertz CT molecular complexity index is 2850. The van der Waals surface area contributed by atoms with Crippen LogP contribution in [0, 0.1) is 0 Å². The summed E-state index contributed by atoms with van der Waals surface area (Å²) in [5, 5.41) is 7.63. The minimum absolute atomic E-state index is 0.842. The Morgan fingerprint density at radius 3 is 1.87 bits per heavy atom. The van der Waals surface area contributed by atoms with Crippen molar-refractivity contribution in [2.75, 3.05) is 5.75 Å². The number of rotatable bonds is 4. The normalized spacial score (nSPS) is 14.8. The molecule has 250 valence electrons. The Labute approximate surface area is 313 Å². The van der Waals surface area contributed by atoms with E-state index in [1.807, 2.05) is 11.8 Å². The molecule has 9 aromatic rings. The predicted molar refractivity (Wildman–Crippen MR) is 228 cm³/mol. The predicted octanol–water partition coefficient (Wildman–Crippen LogP) is 13.6. The molecule has 10 rings (SSSR count). The van der Waals surface area contributed by atoms with Crippen LogP contribution in [0.15, 0.2) is 193 Å². The van der Waals surface area contributed by atoms with Gasteiger partial charge < -0.3 is 4.57 Å². The van der Waals surface area contributed by atoms with Crippen LogP contribution in [0.3, 0.4) is 0 Å². The molecule has 2 aromatic heterocycles. The van der Waals surface area contributed by atoms with E-state index in [1.165, 1.54) is 53.8 Å². The summed E-state index contributed by atoms with van der Waals surface area (Å²) in [7, 11) is 0. The number of nitrogens with zero attached hydrogens (tertiary/aromatic N) is 2. The lowest BCUT2D eigenvalue weighted by Gasteiger charge is -2.13. The van der Waals surface area contributed by atoms with Crippen LogP contribution in [0.4, 0.5) is 0 Å². The fraction of sp³-hybridized carbons (Fsp3) is 0.0200. The van der Waals surface area contributed by atoms with Gasteiger partial charge >= 0.3 is 0 Å². The fourth-order valence-electron chi connectivity index (χ4n) is 7.85. The molecule has 0 saturated carbocycles. The Balaban J connectivity index is 1.11. The van der Waals surface area contributed by atoms with Crippen LogP contribution in [0.1, 0.15) is 11.3 Å². The second-order valence-corrected chi connectivity index (χ2v) is 14.6. The van der Waals surface area contributed by atoms with E-state index >= 15 is 0 Å². The average Bonchev–Trinajstić information content (AvgIpc) is 3.60. The van der Waals surface area contributed by atoms with Gasteiger partial charge in [-0.25, -0.2) is 4.98 Å². The zero-order valence-corrected chi connectivity index (χ0v) is 29.9. The van der Waals surface area contributed by atoms with E-state index in [9.17, 15) is 0 Å². The molecule has 0 amide bonds. The molecule has 7 aromatic carbocycles. The lowest BCUT2D eigenvalue weighted by molar-refractivity contribution is 1.18. The van der Waals surface area contributed by atoms with Crippen molar-refractivity contribution in [1.82, 2.24) is 9.55 Å². The number of thioether (sulfide) groups is 1. The third-order valence-electron chi connectivity index (χ3n) is 10.4. The Morgan fingerprint density at radius 1 is 0.528 bits per heavy atom.